The normalized spacial score (nSPS) is 13.1. The highest BCUT2D eigenvalue weighted by atomic mass is 32.2. The van der Waals surface area contributed by atoms with Crippen LogP contribution in [0.1, 0.15) is 84.2 Å². The Morgan fingerprint density at radius 1 is 0.667 bits per heavy atom. The van der Waals surface area contributed by atoms with E-state index in [2.05, 4.69) is 49.2 Å². The zero-order valence-electron chi connectivity index (χ0n) is 38.7. The monoisotopic (exact) mass is 1090 g/mol. The molecule has 6 aromatic rings. The second kappa shape index (κ2) is 25.1. The van der Waals surface area contributed by atoms with Crippen molar-refractivity contribution in [1.82, 2.24) is 49.4 Å². The van der Waals surface area contributed by atoms with Gasteiger partial charge in [-0.15, -0.1) is 20.4 Å². The second-order valence-electron chi connectivity index (χ2n) is 15.3. The van der Waals surface area contributed by atoms with Crippen LogP contribution in [-0.4, -0.2) is 114 Å². The summed E-state index contributed by atoms with van der Waals surface area (Å²) in [6.45, 7) is 6.07. The summed E-state index contributed by atoms with van der Waals surface area (Å²) in [6.07, 6.45) is 1.92. The highest BCUT2D eigenvalue weighted by Gasteiger charge is 2.47. The topological polar surface area (TPSA) is 256 Å². The third-order valence-electron chi connectivity index (χ3n) is 9.60. The molecule has 0 radical (unpaired) electrons. The molecule has 0 spiro atoms. The molecule has 4 heterocycles. The van der Waals surface area contributed by atoms with Crippen LogP contribution < -0.4 is 4.72 Å². The Morgan fingerprint density at radius 3 is 1.40 bits per heavy atom. The maximum Gasteiger partial charge on any atom is 0.523 e. The van der Waals surface area contributed by atoms with Gasteiger partial charge in [0.1, 0.15) is 23.3 Å². The Labute approximate surface area is 406 Å². The van der Waals surface area contributed by atoms with E-state index in [0.717, 1.165) is 30.6 Å². The summed E-state index contributed by atoms with van der Waals surface area (Å²) in [5, 5.41) is 13.6. The van der Waals surface area contributed by atoms with Gasteiger partial charge in [0.05, 0.1) is 30.2 Å². The van der Waals surface area contributed by atoms with Crippen LogP contribution in [0.2, 0.25) is 0 Å². The van der Waals surface area contributed by atoms with Crippen molar-refractivity contribution >= 4 is 30.2 Å². The minimum absolute atomic E-state index is 0.0435. The van der Waals surface area contributed by atoms with Crippen LogP contribution in [0.4, 0.5) is 39.5 Å². The lowest BCUT2D eigenvalue weighted by Gasteiger charge is -2.25. The Kier molecular flexibility index (Phi) is 20.4. The lowest BCUT2D eigenvalue weighted by atomic mass is 9.93. The molecular weight excluding hydrogens is 1040 g/mol. The van der Waals surface area contributed by atoms with E-state index < -0.39 is 90.4 Å². The fraction of sp³-hybridized carbons (Fsp3) is 0.415. The maximum atomic E-state index is 14.7. The van der Waals surface area contributed by atoms with Gasteiger partial charge in [-0.2, -0.15) is 39.2 Å². The smallest absolute Gasteiger partial charge is 0.415 e. The van der Waals surface area contributed by atoms with Gasteiger partial charge in [-0.05, 0) is 55.2 Å². The number of halogens is 9. The van der Waals surface area contributed by atoms with Crippen molar-refractivity contribution in [3.63, 3.8) is 0 Å². The van der Waals surface area contributed by atoms with E-state index in [1.807, 2.05) is 0 Å². The molecule has 0 aliphatic carbocycles. The number of rotatable bonds is 19. The summed E-state index contributed by atoms with van der Waals surface area (Å²) in [6, 6.07) is 9.46. The molecule has 72 heavy (non-hydrogen) atoms. The number of hydrogen-bond donors (Lipinski definition) is 1. The van der Waals surface area contributed by atoms with Gasteiger partial charge in [0.15, 0.2) is 0 Å². The average molecular weight is 1090 g/mol. The first-order valence-corrected chi connectivity index (χ1v) is 25.9. The number of alkyl halides is 7. The molecule has 0 fully saturated rings. The van der Waals surface area contributed by atoms with E-state index in [-0.39, 0.29) is 55.4 Å². The largest absolute Gasteiger partial charge is 0.523 e. The van der Waals surface area contributed by atoms with Gasteiger partial charge < -0.3 is 8.83 Å². The van der Waals surface area contributed by atoms with Crippen molar-refractivity contribution in [1.29, 1.82) is 0 Å². The van der Waals surface area contributed by atoms with E-state index in [0.29, 0.717) is 22.8 Å². The fourth-order valence-electron chi connectivity index (χ4n) is 6.17. The Bertz CT molecular complexity index is 3060. The number of benzene rings is 2. The maximum absolute atomic E-state index is 14.7. The number of aryl methyl sites for hydroxylation is 2. The van der Waals surface area contributed by atoms with Crippen molar-refractivity contribution in [2.45, 2.75) is 70.7 Å². The minimum atomic E-state index is -5.35. The fourth-order valence-corrected chi connectivity index (χ4v) is 8.04. The molecule has 0 saturated carbocycles. The van der Waals surface area contributed by atoms with E-state index >= 15 is 0 Å². The summed E-state index contributed by atoms with van der Waals surface area (Å²) in [5.74, 6) is -3.33. The SMILES string of the molecule is CCN(CC(Cc1ncc(-c2nnc(C(F)F)o2)cn1)c1ccc(C)cc1F)S(C)(=O)=O.CCOS(=O)(=O)C(F)(F)F.Cc1ccc(C(CNS(C)(=O)=O)Cc2ncc(-c3nnc(C(F)F)o3)cn2)c(F)c1. The van der Waals surface area contributed by atoms with Gasteiger partial charge in [-0.25, -0.2) is 54.6 Å². The van der Waals surface area contributed by atoms with Crippen molar-refractivity contribution in [2.75, 3.05) is 38.8 Å². The standard InChI is InChI=1S/C20H22F3N5O3S.C18H18F3N5O3S.C3H5F3O3S/c1-4-28(32(3,29)30)11-13(15-6-5-12(2)7-16(15)21)8-17-24-9-14(10-25-17)19-26-27-20(31-19)18(22)23;1-10-3-4-13(14(19)5-10)11(9-24-30(2,27)28)6-15-22-7-12(8-23-15)17-25-26-18(29-17)16(20)21;1-2-9-10(7,8)3(4,5)6/h5-7,9-10,13,18H,4,8,11H2,1-3H3;3-5,7-8,11,16,24H,6,9H2,1-2H3;2H2,1H3. The molecule has 0 amide bonds. The van der Waals surface area contributed by atoms with Gasteiger partial charge in [0.2, 0.25) is 20.0 Å². The first-order valence-electron chi connectivity index (χ1n) is 20.7. The van der Waals surface area contributed by atoms with Gasteiger partial charge in [0.25, 0.3) is 23.6 Å². The number of likely N-dealkylation sites (N-methyl/N-ethyl adjacent to an activating group) is 1. The zero-order chi connectivity index (χ0) is 53.8. The van der Waals surface area contributed by atoms with E-state index in [9.17, 15) is 64.8 Å². The van der Waals surface area contributed by atoms with Crippen molar-refractivity contribution in [2.24, 2.45) is 0 Å². The Balaban J connectivity index is 0.000000264. The Hall–Kier alpha value is -6.02. The molecule has 0 aliphatic rings. The quantitative estimate of drug-likeness (QED) is 0.0479. The van der Waals surface area contributed by atoms with Crippen LogP contribution >= 0.6 is 0 Å². The molecular formula is C41H45F9N10O9S3. The molecule has 6 rings (SSSR count). The minimum Gasteiger partial charge on any atom is -0.415 e. The number of nitrogens with one attached hydrogen (secondary N) is 1. The molecule has 2 aromatic carbocycles. The van der Waals surface area contributed by atoms with E-state index in [1.54, 1.807) is 45.0 Å². The van der Waals surface area contributed by atoms with Crippen molar-refractivity contribution in [3.05, 3.63) is 119 Å². The lowest BCUT2D eigenvalue weighted by molar-refractivity contribution is -0.0539. The highest BCUT2D eigenvalue weighted by molar-refractivity contribution is 7.88. The third-order valence-corrected chi connectivity index (χ3v) is 12.8. The molecule has 1 N–H and O–H groups in total. The van der Waals surface area contributed by atoms with Crippen LogP contribution in [0.3, 0.4) is 0 Å². The van der Waals surface area contributed by atoms with Gasteiger partial charge in [-0.1, -0.05) is 31.2 Å². The Morgan fingerprint density at radius 2 is 1.08 bits per heavy atom. The van der Waals surface area contributed by atoms with Crippen LogP contribution in [0, 0.1) is 25.5 Å². The summed E-state index contributed by atoms with van der Waals surface area (Å²) in [5.41, 5.74) is -2.67. The van der Waals surface area contributed by atoms with Crippen molar-refractivity contribution < 1.29 is 77.8 Å². The molecule has 394 valence electrons. The summed E-state index contributed by atoms with van der Waals surface area (Å²) in [4.78, 5) is 16.7. The number of hydrogen-bond acceptors (Lipinski definition) is 17. The average Bonchev–Trinajstić information content (AvgIpc) is 3.99. The number of aromatic nitrogens is 8. The summed E-state index contributed by atoms with van der Waals surface area (Å²) in [7, 11) is -12.3. The summed E-state index contributed by atoms with van der Waals surface area (Å²) >= 11 is 0. The molecule has 4 aromatic heterocycles. The van der Waals surface area contributed by atoms with Gasteiger partial charge in [0, 0.05) is 69.1 Å². The molecule has 0 saturated heterocycles. The zero-order valence-corrected chi connectivity index (χ0v) is 41.1. The van der Waals surface area contributed by atoms with Crippen LogP contribution in [0.25, 0.3) is 22.9 Å². The molecule has 19 nitrogen and oxygen atoms in total. The first kappa shape index (κ1) is 58.5. The predicted octanol–water partition coefficient (Wildman–Crippen LogP) is 7.18. The van der Waals surface area contributed by atoms with E-state index in [4.69, 9.17) is 8.83 Å². The highest BCUT2D eigenvalue weighted by Crippen LogP contribution is 2.29. The van der Waals surface area contributed by atoms with Gasteiger partial charge >= 0.3 is 28.5 Å². The second-order valence-corrected chi connectivity index (χ2v) is 20.7. The molecule has 0 aliphatic heterocycles. The molecule has 0 bridgehead atoms. The molecule has 2 atom stereocenters. The first-order chi connectivity index (χ1) is 33.5. The molecule has 31 heteroatoms. The van der Waals surface area contributed by atoms with Crippen LogP contribution in [0.5, 0.6) is 0 Å². The molecule has 2 unspecified atom stereocenters. The van der Waals surface area contributed by atoms with Gasteiger partial charge in [-0.3, -0.25) is 4.18 Å². The van der Waals surface area contributed by atoms with E-state index in [1.165, 1.54) is 41.2 Å². The predicted molar refractivity (Wildman–Crippen MR) is 237 cm³/mol. The van der Waals surface area contributed by atoms with Crippen LogP contribution in [0.15, 0.2) is 70.0 Å². The number of sulfonamides is 2. The third kappa shape index (κ3) is 17.3. The lowest BCUT2D eigenvalue weighted by Crippen LogP contribution is -2.34. The number of nitrogens with zero attached hydrogens (tertiary/aromatic N) is 9. The van der Waals surface area contributed by atoms with Crippen molar-refractivity contribution in [3.8, 4) is 22.9 Å². The summed E-state index contributed by atoms with van der Waals surface area (Å²) < 4.78 is 197. The van der Waals surface area contributed by atoms with Crippen LogP contribution in [-0.2, 0) is 47.2 Å².